The van der Waals surface area contributed by atoms with E-state index in [1.165, 1.54) is 0 Å². The SMILES string of the molecule is COc1cc(N2C(=O)[C@H](C)[C@@H]2c2ccc(C)c(N)c2)cc(C)c1C. The van der Waals surface area contributed by atoms with Gasteiger partial charge >= 0.3 is 0 Å². The number of rotatable bonds is 3. The van der Waals surface area contributed by atoms with Crippen molar-refractivity contribution in [3.8, 4) is 5.75 Å². The summed E-state index contributed by atoms with van der Waals surface area (Å²) in [6, 6.07) is 10.0. The molecule has 1 aliphatic rings. The van der Waals surface area contributed by atoms with Gasteiger partial charge in [-0.2, -0.15) is 0 Å². The van der Waals surface area contributed by atoms with Crippen molar-refractivity contribution in [2.24, 2.45) is 5.92 Å². The molecule has 0 saturated carbocycles. The molecular formula is C20H24N2O2. The highest BCUT2D eigenvalue weighted by molar-refractivity contribution is 6.03. The van der Waals surface area contributed by atoms with Crippen LogP contribution in [0.3, 0.4) is 0 Å². The zero-order valence-electron chi connectivity index (χ0n) is 14.9. The van der Waals surface area contributed by atoms with Gasteiger partial charge in [-0.1, -0.05) is 19.1 Å². The molecule has 4 nitrogen and oxygen atoms in total. The molecule has 0 unspecified atom stereocenters. The van der Waals surface area contributed by atoms with Crippen molar-refractivity contribution in [1.82, 2.24) is 0 Å². The summed E-state index contributed by atoms with van der Waals surface area (Å²) in [6.45, 7) is 8.02. The van der Waals surface area contributed by atoms with E-state index in [1.54, 1.807) is 7.11 Å². The van der Waals surface area contributed by atoms with Crippen LogP contribution in [0.15, 0.2) is 30.3 Å². The van der Waals surface area contributed by atoms with Gasteiger partial charge in [0.25, 0.3) is 0 Å². The minimum atomic E-state index is -0.0558. The highest BCUT2D eigenvalue weighted by Gasteiger charge is 2.46. The lowest BCUT2D eigenvalue weighted by atomic mass is 9.82. The van der Waals surface area contributed by atoms with Crippen LogP contribution in [0.25, 0.3) is 0 Å². The Morgan fingerprint density at radius 3 is 2.42 bits per heavy atom. The lowest BCUT2D eigenvalue weighted by Gasteiger charge is -2.46. The monoisotopic (exact) mass is 324 g/mol. The molecular weight excluding hydrogens is 300 g/mol. The summed E-state index contributed by atoms with van der Waals surface area (Å²) in [4.78, 5) is 14.4. The van der Waals surface area contributed by atoms with Gasteiger partial charge in [-0.3, -0.25) is 4.79 Å². The minimum Gasteiger partial charge on any atom is -0.496 e. The van der Waals surface area contributed by atoms with Gasteiger partial charge < -0.3 is 15.4 Å². The molecule has 0 aliphatic carbocycles. The number of β-lactam (4-membered cyclic amide) rings is 1. The minimum absolute atomic E-state index is 0.00668. The van der Waals surface area contributed by atoms with Crippen molar-refractivity contribution < 1.29 is 9.53 Å². The summed E-state index contributed by atoms with van der Waals surface area (Å²) < 4.78 is 5.47. The Morgan fingerprint density at radius 1 is 1.08 bits per heavy atom. The van der Waals surface area contributed by atoms with Crippen molar-refractivity contribution in [3.63, 3.8) is 0 Å². The number of hydrogen-bond donors (Lipinski definition) is 1. The summed E-state index contributed by atoms with van der Waals surface area (Å²) in [7, 11) is 1.66. The van der Waals surface area contributed by atoms with Crippen LogP contribution in [-0.2, 0) is 4.79 Å². The van der Waals surface area contributed by atoms with Crippen LogP contribution < -0.4 is 15.4 Å². The fourth-order valence-corrected chi connectivity index (χ4v) is 3.36. The lowest BCUT2D eigenvalue weighted by molar-refractivity contribution is -0.129. The molecule has 126 valence electrons. The van der Waals surface area contributed by atoms with Crippen molar-refractivity contribution in [3.05, 3.63) is 52.6 Å². The highest BCUT2D eigenvalue weighted by atomic mass is 16.5. The fraction of sp³-hybridized carbons (Fsp3) is 0.350. The smallest absolute Gasteiger partial charge is 0.232 e. The number of methoxy groups -OCH3 is 1. The van der Waals surface area contributed by atoms with Crippen molar-refractivity contribution in [1.29, 1.82) is 0 Å². The maximum atomic E-state index is 12.5. The number of carbonyl (C=O) groups excluding carboxylic acids is 1. The summed E-state index contributed by atoms with van der Waals surface area (Å²) in [5, 5.41) is 0. The topological polar surface area (TPSA) is 55.6 Å². The number of ether oxygens (including phenoxy) is 1. The Balaban J connectivity index is 2.04. The van der Waals surface area contributed by atoms with E-state index in [2.05, 4.69) is 6.07 Å². The standard InChI is InChI=1S/C20H24N2O2/c1-11-6-7-15(9-17(11)21)19-14(4)20(23)22(19)16-8-12(2)13(3)18(10-16)24-5/h6-10,14,19H,21H2,1-5H3/t14-,19-/m1/s1. The molecule has 1 amide bonds. The molecule has 0 radical (unpaired) electrons. The molecule has 2 aromatic rings. The molecule has 2 atom stereocenters. The van der Waals surface area contributed by atoms with Gasteiger partial charge in [-0.05, 0) is 55.2 Å². The Labute approximate surface area is 143 Å². The van der Waals surface area contributed by atoms with Crippen LogP contribution in [0.4, 0.5) is 11.4 Å². The number of amides is 1. The summed E-state index contributed by atoms with van der Waals surface area (Å²) in [5.41, 5.74) is 12.0. The first kappa shape index (κ1) is 16.4. The van der Waals surface area contributed by atoms with E-state index >= 15 is 0 Å². The first-order valence-electron chi connectivity index (χ1n) is 8.19. The Bertz CT molecular complexity index is 814. The lowest BCUT2D eigenvalue weighted by Crippen LogP contribution is -2.54. The number of hydrogen-bond acceptors (Lipinski definition) is 3. The van der Waals surface area contributed by atoms with Gasteiger partial charge in [0.1, 0.15) is 5.75 Å². The number of nitrogens with two attached hydrogens (primary N) is 1. The summed E-state index contributed by atoms with van der Waals surface area (Å²) in [5.74, 6) is 0.878. The largest absolute Gasteiger partial charge is 0.496 e. The molecule has 2 aromatic carbocycles. The molecule has 1 fully saturated rings. The van der Waals surface area contributed by atoms with Crippen molar-refractivity contribution in [2.45, 2.75) is 33.7 Å². The van der Waals surface area contributed by atoms with E-state index in [9.17, 15) is 4.79 Å². The molecule has 0 aromatic heterocycles. The van der Waals surface area contributed by atoms with E-state index in [1.807, 2.05) is 56.9 Å². The van der Waals surface area contributed by atoms with Gasteiger partial charge in [-0.25, -0.2) is 0 Å². The number of carbonyl (C=O) groups is 1. The van der Waals surface area contributed by atoms with Gasteiger partial charge in [0.05, 0.1) is 19.1 Å². The number of aryl methyl sites for hydroxylation is 2. The first-order valence-corrected chi connectivity index (χ1v) is 8.19. The molecule has 3 rings (SSSR count). The molecule has 1 saturated heterocycles. The average molecular weight is 324 g/mol. The van der Waals surface area contributed by atoms with E-state index in [0.717, 1.165) is 39.4 Å². The average Bonchev–Trinajstić information content (AvgIpc) is 2.57. The van der Waals surface area contributed by atoms with Crippen LogP contribution in [0.5, 0.6) is 5.75 Å². The van der Waals surface area contributed by atoms with E-state index in [0.29, 0.717) is 0 Å². The van der Waals surface area contributed by atoms with E-state index in [-0.39, 0.29) is 17.9 Å². The van der Waals surface area contributed by atoms with Crippen molar-refractivity contribution >= 4 is 17.3 Å². The third-order valence-electron chi connectivity index (χ3n) is 5.13. The quantitative estimate of drug-likeness (QED) is 0.687. The number of nitrogen functional groups attached to an aromatic ring is 1. The maximum absolute atomic E-state index is 12.5. The normalized spacial score (nSPS) is 20.0. The number of anilines is 2. The summed E-state index contributed by atoms with van der Waals surface area (Å²) in [6.07, 6.45) is 0. The number of benzene rings is 2. The summed E-state index contributed by atoms with van der Waals surface area (Å²) >= 11 is 0. The van der Waals surface area contributed by atoms with E-state index < -0.39 is 0 Å². The second-order valence-electron chi connectivity index (χ2n) is 6.65. The van der Waals surface area contributed by atoms with Gasteiger partial charge in [0.15, 0.2) is 0 Å². The van der Waals surface area contributed by atoms with Crippen LogP contribution >= 0.6 is 0 Å². The predicted octanol–water partition coefficient (Wildman–Crippen LogP) is 3.93. The van der Waals surface area contributed by atoms with Crippen LogP contribution in [-0.4, -0.2) is 13.0 Å². The molecule has 0 bridgehead atoms. The van der Waals surface area contributed by atoms with Gasteiger partial charge in [0, 0.05) is 17.4 Å². The Morgan fingerprint density at radius 2 is 1.79 bits per heavy atom. The highest BCUT2D eigenvalue weighted by Crippen LogP contribution is 2.45. The van der Waals surface area contributed by atoms with Crippen LogP contribution in [0.2, 0.25) is 0 Å². The zero-order chi connectivity index (χ0) is 17.6. The Hall–Kier alpha value is -2.49. The second-order valence-corrected chi connectivity index (χ2v) is 6.65. The Kier molecular flexibility index (Phi) is 3.99. The van der Waals surface area contributed by atoms with Crippen LogP contribution in [0, 0.1) is 26.7 Å². The van der Waals surface area contributed by atoms with Gasteiger partial charge in [0.2, 0.25) is 5.91 Å². The zero-order valence-corrected chi connectivity index (χ0v) is 14.9. The molecule has 1 aliphatic heterocycles. The fourth-order valence-electron chi connectivity index (χ4n) is 3.36. The van der Waals surface area contributed by atoms with E-state index in [4.69, 9.17) is 10.5 Å². The van der Waals surface area contributed by atoms with Crippen LogP contribution in [0.1, 0.15) is 35.2 Å². The molecule has 2 N–H and O–H groups in total. The van der Waals surface area contributed by atoms with Gasteiger partial charge in [-0.15, -0.1) is 0 Å². The predicted molar refractivity (Wildman–Crippen MR) is 97.5 cm³/mol. The molecule has 4 heteroatoms. The van der Waals surface area contributed by atoms with Crippen molar-refractivity contribution in [2.75, 3.05) is 17.7 Å². The third-order valence-corrected chi connectivity index (χ3v) is 5.13. The number of nitrogens with zero attached hydrogens (tertiary/aromatic N) is 1. The molecule has 24 heavy (non-hydrogen) atoms. The first-order chi connectivity index (χ1) is 11.3. The third kappa shape index (κ3) is 2.42. The molecule has 0 spiro atoms. The second kappa shape index (κ2) is 5.86. The molecule has 1 heterocycles. The maximum Gasteiger partial charge on any atom is 0.232 e.